The molecule has 1 saturated heterocycles. The van der Waals surface area contributed by atoms with Gasteiger partial charge in [0.05, 0.1) is 12.0 Å². The van der Waals surface area contributed by atoms with E-state index in [0.29, 0.717) is 35.6 Å². The normalized spacial score (nSPS) is 19.0. The molecule has 2 aromatic heterocycles. The van der Waals surface area contributed by atoms with E-state index in [9.17, 15) is 4.79 Å². The van der Waals surface area contributed by atoms with Crippen LogP contribution in [0.4, 0.5) is 0 Å². The van der Waals surface area contributed by atoms with Crippen molar-refractivity contribution in [1.29, 1.82) is 0 Å². The summed E-state index contributed by atoms with van der Waals surface area (Å²) in [6.45, 7) is 11.3. The lowest BCUT2D eigenvalue weighted by molar-refractivity contribution is -0.118. The number of likely N-dealkylation sites (tertiary alicyclic amines) is 1. The Kier molecular flexibility index (Phi) is 7.88. The zero-order chi connectivity index (χ0) is 23.2. The molecule has 4 rings (SSSR count). The van der Waals surface area contributed by atoms with Gasteiger partial charge in [0.1, 0.15) is 0 Å². The van der Waals surface area contributed by atoms with Crippen molar-refractivity contribution in [3.8, 4) is 11.6 Å². The second-order valence-electron chi connectivity index (χ2n) is 9.05. The van der Waals surface area contributed by atoms with Crippen LogP contribution in [0.5, 0.6) is 0 Å². The fraction of sp³-hybridized carbons (Fsp3) is 0.480. The van der Waals surface area contributed by atoms with Crippen molar-refractivity contribution in [3.05, 3.63) is 53.8 Å². The van der Waals surface area contributed by atoms with E-state index in [1.807, 2.05) is 23.6 Å². The van der Waals surface area contributed by atoms with Crippen LogP contribution in [0.25, 0.3) is 11.6 Å². The molecule has 33 heavy (non-hydrogen) atoms. The van der Waals surface area contributed by atoms with Crippen LogP contribution in [0.2, 0.25) is 0 Å². The molecule has 1 aliphatic heterocycles. The number of nitrogens with zero attached hydrogens (tertiary/aromatic N) is 4. The predicted molar refractivity (Wildman–Crippen MR) is 131 cm³/mol. The first-order chi connectivity index (χ1) is 16.0. The summed E-state index contributed by atoms with van der Waals surface area (Å²) >= 11 is 1.39. The van der Waals surface area contributed by atoms with Gasteiger partial charge in [0, 0.05) is 32.7 Å². The smallest absolute Gasteiger partial charge is 0.230 e. The minimum Gasteiger partial charge on any atom is -0.461 e. The summed E-state index contributed by atoms with van der Waals surface area (Å²) in [4.78, 5) is 15.0. The lowest BCUT2D eigenvalue weighted by Gasteiger charge is -2.35. The highest BCUT2D eigenvalue weighted by Crippen LogP contribution is 2.24. The number of nitrogens with one attached hydrogen (secondary N) is 1. The molecule has 2 atom stereocenters. The molecule has 1 fully saturated rings. The highest BCUT2D eigenvalue weighted by Gasteiger charge is 2.21. The molecule has 8 heteroatoms. The molecule has 0 bridgehead atoms. The first-order valence-corrected chi connectivity index (χ1v) is 12.7. The Bertz CT molecular complexity index is 1020. The molecule has 1 aliphatic rings. The van der Waals surface area contributed by atoms with E-state index in [-0.39, 0.29) is 5.91 Å². The van der Waals surface area contributed by atoms with E-state index in [1.54, 1.807) is 6.26 Å². The van der Waals surface area contributed by atoms with Crippen LogP contribution >= 0.6 is 11.8 Å². The van der Waals surface area contributed by atoms with Crippen LogP contribution in [0.15, 0.2) is 52.2 Å². The Morgan fingerprint density at radius 1 is 1.12 bits per heavy atom. The number of hydrogen-bond acceptors (Lipinski definition) is 6. The third kappa shape index (κ3) is 6.26. The number of piperidine rings is 1. The van der Waals surface area contributed by atoms with Crippen molar-refractivity contribution in [2.24, 2.45) is 11.8 Å². The van der Waals surface area contributed by atoms with E-state index in [1.165, 1.54) is 36.8 Å². The fourth-order valence-corrected chi connectivity index (χ4v) is 5.42. The molecule has 0 saturated carbocycles. The maximum Gasteiger partial charge on any atom is 0.230 e. The number of rotatable bonds is 9. The Morgan fingerprint density at radius 2 is 1.85 bits per heavy atom. The van der Waals surface area contributed by atoms with Gasteiger partial charge in [0.25, 0.3) is 0 Å². The molecule has 0 aliphatic carbocycles. The number of carbonyl (C=O) groups is 1. The van der Waals surface area contributed by atoms with Gasteiger partial charge in [-0.25, -0.2) is 0 Å². The molecular weight excluding hydrogens is 434 g/mol. The fourth-order valence-electron chi connectivity index (χ4n) is 4.59. The first-order valence-electron chi connectivity index (χ1n) is 11.7. The highest BCUT2D eigenvalue weighted by atomic mass is 32.2. The first kappa shape index (κ1) is 23.6. The third-order valence-electron chi connectivity index (χ3n) is 5.97. The Hall–Kier alpha value is -2.58. The van der Waals surface area contributed by atoms with Crippen LogP contribution in [0.1, 0.15) is 38.3 Å². The molecule has 0 spiro atoms. The number of thioether (sulfide) groups is 1. The zero-order valence-corrected chi connectivity index (χ0v) is 20.5. The average Bonchev–Trinajstić information content (AvgIpc) is 3.46. The Balaban J connectivity index is 1.24. The molecule has 1 N–H and O–H groups in total. The van der Waals surface area contributed by atoms with Gasteiger partial charge in [-0.2, -0.15) is 0 Å². The predicted octanol–water partition coefficient (Wildman–Crippen LogP) is 4.44. The van der Waals surface area contributed by atoms with E-state index in [4.69, 9.17) is 4.42 Å². The van der Waals surface area contributed by atoms with Gasteiger partial charge in [-0.15, -0.1) is 10.2 Å². The van der Waals surface area contributed by atoms with Gasteiger partial charge < -0.3 is 9.73 Å². The summed E-state index contributed by atoms with van der Waals surface area (Å²) in [5.41, 5.74) is 2.43. The van der Waals surface area contributed by atoms with Crippen LogP contribution in [-0.4, -0.2) is 44.4 Å². The van der Waals surface area contributed by atoms with Gasteiger partial charge in [-0.1, -0.05) is 49.9 Å². The zero-order valence-electron chi connectivity index (χ0n) is 19.7. The maximum absolute atomic E-state index is 12.4. The van der Waals surface area contributed by atoms with E-state index in [2.05, 4.69) is 58.5 Å². The van der Waals surface area contributed by atoms with Crippen LogP contribution in [0.3, 0.4) is 0 Å². The van der Waals surface area contributed by atoms with Crippen molar-refractivity contribution < 1.29 is 9.21 Å². The Labute approximate surface area is 199 Å². The largest absolute Gasteiger partial charge is 0.461 e. The molecular formula is C25H33N5O2S. The monoisotopic (exact) mass is 467 g/mol. The Morgan fingerprint density at radius 3 is 2.52 bits per heavy atom. The van der Waals surface area contributed by atoms with Gasteiger partial charge in [0.15, 0.2) is 16.7 Å². The summed E-state index contributed by atoms with van der Waals surface area (Å²) in [6, 6.07) is 12.3. The summed E-state index contributed by atoms with van der Waals surface area (Å²) in [5, 5.41) is 12.2. The number of amides is 1. The molecule has 1 amide bonds. The summed E-state index contributed by atoms with van der Waals surface area (Å²) in [5.74, 6) is 3.16. The van der Waals surface area contributed by atoms with Crippen molar-refractivity contribution in [2.45, 2.75) is 52.0 Å². The maximum atomic E-state index is 12.4. The molecule has 7 nitrogen and oxygen atoms in total. The quantitative estimate of drug-likeness (QED) is 0.469. The second kappa shape index (κ2) is 11.0. The molecule has 2 unspecified atom stereocenters. The number of furan rings is 1. The average molecular weight is 468 g/mol. The minimum absolute atomic E-state index is 0.0226. The molecule has 3 heterocycles. The molecule has 1 aromatic carbocycles. The van der Waals surface area contributed by atoms with Gasteiger partial charge in [0.2, 0.25) is 5.91 Å². The number of hydrogen-bond donors (Lipinski definition) is 1. The van der Waals surface area contributed by atoms with Gasteiger partial charge >= 0.3 is 0 Å². The highest BCUT2D eigenvalue weighted by molar-refractivity contribution is 7.99. The second-order valence-corrected chi connectivity index (χ2v) is 9.99. The van der Waals surface area contributed by atoms with Crippen molar-refractivity contribution in [3.63, 3.8) is 0 Å². The molecule has 176 valence electrons. The van der Waals surface area contributed by atoms with Gasteiger partial charge in [-0.3, -0.25) is 14.3 Å². The van der Waals surface area contributed by atoms with Crippen LogP contribution in [-0.2, 0) is 24.4 Å². The van der Waals surface area contributed by atoms with Gasteiger partial charge in [-0.05, 0) is 48.4 Å². The minimum atomic E-state index is -0.0226. The van der Waals surface area contributed by atoms with E-state index >= 15 is 0 Å². The SMILES string of the molecule is CCn1c(SCC(=O)NCc2ccc(CN3CC(C)CC(C)C3)cc2)nnc1-c1ccco1. The lowest BCUT2D eigenvalue weighted by Crippen LogP contribution is -2.38. The summed E-state index contributed by atoms with van der Waals surface area (Å²) in [6.07, 6.45) is 2.95. The summed E-state index contributed by atoms with van der Waals surface area (Å²) < 4.78 is 7.39. The number of benzene rings is 1. The lowest BCUT2D eigenvalue weighted by atomic mass is 9.91. The third-order valence-corrected chi connectivity index (χ3v) is 6.94. The van der Waals surface area contributed by atoms with Crippen LogP contribution in [0, 0.1) is 11.8 Å². The van der Waals surface area contributed by atoms with E-state index in [0.717, 1.165) is 23.9 Å². The number of carbonyl (C=O) groups excluding carboxylic acids is 1. The van der Waals surface area contributed by atoms with Crippen LogP contribution < -0.4 is 5.32 Å². The standard InChI is InChI=1S/C25H33N5O2S/c1-4-30-24(22-6-5-11-32-22)27-28-25(30)33-17-23(31)26-13-20-7-9-21(10-8-20)16-29-14-18(2)12-19(3)15-29/h5-11,18-19H,4,12-17H2,1-3H3,(H,26,31). The van der Waals surface area contributed by atoms with Crippen molar-refractivity contribution in [1.82, 2.24) is 25.0 Å². The topological polar surface area (TPSA) is 76.2 Å². The number of aromatic nitrogens is 3. The van der Waals surface area contributed by atoms with Crippen molar-refractivity contribution >= 4 is 17.7 Å². The molecule has 0 radical (unpaired) electrons. The molecule has 3 aromatic rings. The van der Waals surface area contributed by atoms with E-state index < -0.39 is 0 Å². The summed E-state index contributed by atoms with van der Waals surface area (Å²) in [7, 11) is 0. The van der Waals surface area contributed by atoms with Crippen molar-refractivity contribution in [2.75, 3.05) is 18.8 Å².